The summed E-state index contributed by atoms with van der Waals surface area (Å²) >= 11 is 0. The molecular formula is C15H19NO6. The lowest BCUT2D eigenvalue weighted by atomic mass is 10.2. The van der Waals surface area contributed by atoms with Crippen LogP contribution in [0.2, 0.25) is 0 Å². The van der Waals surface area contributed by atoms with E-state index in [1.165, 1.54) is 4.90 Å². The number of morpholine rings is 1. The summed E-state index contributed by atoms with van der Waals surface area (Å²) < 4.78 is 15.8. The topological polar surface area (TPSA) is 85.3 Å². The van der Waals surface area contributed by atoms with Gasteiger partial charge in [-0.25, -0.2) is 4.79 Å². The fraction of sp³-hybridized carbons (Fsp3) is 0.467. The average molecular weight is 309 g/mol. The lowest BCUT2D eigenvalue weighted by Gasteiger charge is -2.32. The van der Waals surface area contributed by atoms with Crippen molar-refractivity contribution in [3.63, 3.8) is 0 Å². The summed E-state index contributed by atoms with van der Waals surface area (Å²) in [5.41, 5.74) is 0. The molecule has 0 bridgehead atoms. The zero-order chi connectivity index (χ0) is 15.8. The molecular weight excluding hydrogens is 290 g/mol. The van der Waals surface area contributed by atoms with Gasteiger partial charge in [0.1, 0.15) is 19.0 Å². The number of hydrogen-bond donors (Lipinski definition) is 1. The molecule has 1 saturated heterocycles. The predicted molar refractivity (Wildman–Crippen MR) is 76.7 cm³/mol. The van der Waals surface area contributed by atoms with E-state index >= 15 is 0 Å². The van der Waals surface area contributed by atoms with Crippen molar-refractivity contribution >= 4 is 11.9 Å². The van der Waals surface area contributed by atoms with Crippen LogP contribution in [0.3, 0.4) is 0 Å². The molecule has 0 unspecified atom stereocenters. The van der Waals surface area contributed by atoms with Crippen LogP contribution in [0.4, 0.5) is 0 Å². The van der Waals surface area contributed by atoms with Gasteiger partial charge in [0.2, 0.25) is 5.91 Å². The van der Waals surface area contributed by atoms with E-state index in [0.29, 0.717) is 13.2 Å². The minimum atomic E-state index is -1.07. The second-order valence-corrected chi connectivity index (χ2v) is 4.73. The van der Waals surface area contributed by atoms with E-state index < -0.39 is 12.0 Å². The number of carboxylic acid groups (broad SMARTS) is 1. The number of amides is 1. The summed E-state index contributed by atoms with van der Waals surface area (Å²) in [6.45, 7) is 1.03. The number of carboxylic acids is 1. The summed E-state index contributed by atoms with van der Waals surface area (Å²) in [5.74, 6) is -0.688. The van der Waals surface area contributed by atoms with Gasteiger partial charge in [0.25, 0.3) is 0 Å². The summed E-state index contributed by atoms with van der Waals surface area (Å²) in [6, 6.07) is 8.34. The summed E-state index contributed by atoms with van der Waals surface area (Å²) in [6.07, 6.45) is 0. The predicted octanol–water partition coefficient (Wildman–Crippen LogP) is 0.394. The van der Waals surface area contributed by atoms with Gasteiger partial charge < -0.3 is 24.2 Å². The normalized spacial score (nSPS) is 18.0. The van der Waals surface area contributed by atoms with Crippen molar-refractivity contribution in [2.75, 3.05) is 39.6 Å². The Bertz CT molecular complexity index is 492. The monoisotopic (exact) mass is 309 g/mol. The van der Waals surface area contributed by atoms with Crippen LogP contribution in [0.5, 0.6) is 5.75 Å². The summed E-state index contributed by atoms with van der Waals surface area (Å²) in [4.78, 5) is 24.3. The third-order valence-electron chi connectivity index (χ3n) is 3.20. The number of benzene rings is 1. The molecule has 0 radical (unpaired) electrons. The first kappa shape index (κ1) is 16.3. The molecule has 1 fully saturated rings. The lowest BCUT2D eigenvalue weighted by molar-refractivity contribution is -0.160. The Kier molecular flexibility index (Phi) is 6.17. The van der Waals surface area contributed by atoms with E-state index in [1.807, 2.05) is 30.3 Å². The van der Waals surface area contributed by atoms with E-state index in [4.69, 9.17) is 19.3 Å². The number of nitrogens with zero attached hydrogens (tertiary/aromatic N) is 1. The number of carbonyl (C=O) groups excluding carboxylic acids is 1. The Morgan fingerprint density at radius 1 is 1.27 bits per heavy atom. The molecule has 0 spiro atoms. The van der Waals surface area contributed by atoms with Gasteiger partial charge in [-0.3, -0.25) is 4.79 Å². The number of ether oxygens (including phenoxy) is 3. The molecule has 1 N–H and O–H groups in total. The van der Waals surface area contributed by atoms with Gasteiger partial charge in [-0.2, -0.15) is 0 Å². The molecule has 0 saturated carbocycles. The third-order valence-corrected chi connectivity index (χ3v) is 3.20. The zero-order valence-corrected chi connectivity index (χ0v) is 12.1. The van der Waals surface area contributed by atoms with Crippen molar-refractivity contribution in [3.8, 4) is 5.75 Å². The van der Waals surface area contributed by atoms with Crippen LogP contribution in [-0.4, -0.2) is 67.5 Å². The summed E-state index contributed by atoms with van der Waals surface area (Å²) in [5, 5.41) is 9.06. The molecule has 1 aliphatic rings. The Hall–Kier alpha value is -2.12. The van der Waals surface area contributed by atoms with E-state index in [-0.39, 0.29) is 32.3 Å². The molecule has 1 aromatic rings. The lowest BCUT2D eigenvalue weighted by Crippen LogP contribution is -2.53. The molecule has 0 aliphatic carbocycles. The molecule has 120 valence electrons. The third kappa shape index (κ3) is 4.71. The van der Waals surface area contributed by atoms with Gasteiger partial charge in [-0.05, 0) is 12.1 Å². The molecule has 1 atom stereocenters. The molecule has 1 amide bonds. The highest BCUT2D eigenvalue weighted by Gasteiger charge is 2.32. The zero-order valence-electron chi connectivity index (χ0n) is 12.1. The van der Waals surface area contributed by atoms with E-state index in [9.17, 15) is 9.59 Å². The fourth-order valence-electron chi connectivity index (χ4n) is 2.08. The molecule has 1 heterocycles. The van der Waals surface area contributed by atoms with E-state index in [0.717, 1.165) is 5.75 Å². The largest absolute Gasteiger partial charge is 0.491 e. The Morgan fingerprint density at radius 3 is 2.77 bits per heavy atom. The van der Waals surface area contributed by atoms with Gasteiger partial charge in [0.05, 0.1) is 19.8 Å². The first-order chi connectivity index (χ1) is 10.7. The fourth-order valence-corrected chi connectivity index (χ4v) is 2.08. The van der Waals surface area contributed by atoms with Crippen molar-refractivity contribution in [2.45, 2.75) is 6.04 Å². The SMILES string of the molecule is O=C(O)[C@@H]1COCCN1C(=O)COCCOc1ccccc1. The average Bonchev–Trinajstić information content (AvgIpc) is 2.55. The first-order valence-corrected chi connectivity index (χ1v) is 7.04. The number of aliphatic carboxylic acids is 1. The Labute approximate surface area is 128 Å². The van der Waals surface area contributed by atoms with E-state index in [2.05, 4.69) is 0 Å². The number of rotatable bonds is 7. The minimum absolute atomic E-state index is 0.0121. The smallest absolute Gasteiger partial charge is 0.328 e. The van der Waals surface area contributed by atoms with Crippen molar-refractivity contribution in [1.29, 1.82) is 0 Å². The number of para-hydroxylation sites is 1. The van der Waals surface area contributed by atoms with Crippen LogP contribution >= 0.6 is 0 Å². The van der Waals surface area contributed by atoms with Gasteiger partial charge in [0.15, 0.2) is 6.04 Å². The maximum absolute atomic E-state index is 12.0. The molecule has 1 aliphatic heterocycles. The van der Waals surface area contributed by atoms with Gasteiger partial charge in [0, 0.05) is 6.54 Å². The van der Waals surface area contributed by atoms with Gasteiger partial charge in [-0.15, -0.1) is 0 Å². The van der Waals surface area contributed by atoms with Crippen molar-refractivity contribution in [2.24, 2.45) is 0 Å². The standard InChI is InChI=1S/C15H19NO6/c17-14(16-6-7-20-10-13(16)15(18)19)11-21-8-9-22-12-4-2-1-3-5-12/h1-5,13H,6-11H2,(H,18,19)/t13-/m0/s1. The molecule has 7 heteroatoms. The van der Waals surface area contributed by atoms with Crippen molar-refractivity contribution in [1.82, 2.24) is 4.90 Å². The highest BCUT2D eigenvalue weighted by atomic mass is 16.5. The van der Waals surface area contributed by atoms with Crippen LogP contribution in [0, 0.1) is 0 Å². The van der Waals surface area contributed by atoms with Crippen LogP contribution in [0.25, 0.3) is 0 Å². The molecule has 2 rings (SSSR count). The number of hydrogen-bond acceptors (Lipinski definition) is 5. The second kappa shape index (κ2) is 8.35. The van der Waals surface area contributed by atoms with Crippen LogP contribution in [0.1, 0.15) is 0 Å². The molecule has 0 aromatic heterocycles. The van der Waals surface area contributed by atoms with Gasteiger partial charge in [-0.1, -0.05) is 18.2 Å². The van der Waals surface area contributed by atoms with Crippen LogP contribution in [-0.2, 0) is 19.1 Å². The number of carbonyl (C=O) groups is 2. The highest BCUT2D eigenvalue weighted by molar-refractivity contribution is 5.84. The Balaban J connectivity index is 1.67. The van der Waals surface area contributed by atoms with Crippen molar-refractivity contribution < 1.29 is 28.9 Å². The van der Waals surface area contributed by atoms with Crippen LogP contribution < -0.4 is 4.74 Å². The van der Waals surface area contributed by atoms with Gasteiger partial charge >= 0.3 is 5.97 Å². The maximum atomic E-state index is 12.0. The maximum Gasteiger partial charge on any atom is 0.328 e. The van der Waals surface area contributed by atoms with E-state index in [1.54, 1.807) is 0 Å². The second-order valence-electron chi connectivity index (χ2n) is 4.73. The molecule has 1 aromatic carbocycles. The first-order valence-electron chi connectivity index (χ1n) is 7.04. The summed E-state index contributed by atoms with van der Waals surface area (Å²) in [7, 11) is 0. The molecule has 22 heavy (non-hydrogen) atoms. The minimum Gasteiger partial charge on any atom is -0.491 e. The quantitative estimate of drug-likeness (QED) is 0.734. The highest BCUT2D eigenvalue weighted by Crippen LogP contribution is 2.09. The van der Waals surface area contributed by atoms with Crippen LogP contribution in [0.15, 0.2) is 30.3 Å². The molecule has 7 nitrogen and oxygen atoms in total. The van der Waals surface area contributed by atoms with Crippen molar-refractivity contribution in [3.05, 3.63) is 30.3 Å². The Morgan fingerprint density at radius 2 is 2.05 bits per heavy atom.